The van der Waals surface area contributed by atoms with Gasteiger partial charge >= 0.3 is 0 Å². The average Bonchev–Trinajstić information content (AvgIpc) is 2.06. The monoisotopic (exact) mass is 190 g/mol. The van der Waals surface area contributed by atoms with Crippen molar-refractivity contribution in [3.8, 4) is 0 Å². The van der Waals surface area contributed by atoms with Gasteiger partial charge in [0.15, 0.2) is 8.07 Å². The van der Waals surface area contributed by atoms with Crippen molar-refractivity contribution in [3.05, 3.63) is 12.3 Å². The standard InChI is InChI=1S/C8H18O3Si/c1-5-12(6-9-2,7-10-3)8-11-4/h5H,1,6-8H2,2-4H3. The first kappa shape index (κ1) is 11.8. The summed E-state index contributed by atoms with van der Waals surface area (Å²) in [5, 5.41) is 0. The first-order valence-corrected chi connectivity index (χ1v) is 6.55. The molecule has 0 saturated carbocycles. The molecule has 0 rings (SSSR count). The molecule has 0 radical (unpaired) electrons. The summed E-state index contributed by atoms with van der Waals surface area (Å²) < 4.78 is 15.4. The van der Waals surface area contributed by atoms with Crippen LogP contribution in [0.2, 0.25) is 0 Å². The number of methoxy groups -OCH3 is 3. The quantitative estimate of drug-likeness (QED) is 0.554. The molecule has 12 heavy (non-hydrogen) atoms. The zero-order chi connectivity index (χ0) is 9.45. The van der Waals surface area contributed by atoms with Gasteiger partial charge in [0, 0.05) is 40.0 Å². The third kappa shape index (κ3) is 3.49. The second-order valence-electron chi connectivity index (χ2n) is 2.87. The van der Waals surface area contributed by atoms with Crippen molar-refractivity contribution in [2.45, 2.75) is 0 Å². The molecule has 0 spiro atoms. The van der Waals surface area contributed by atoms with E-state index in [-0.39, 0.29) is 0 Å². The molecular formula is C8H18O3Si. The Morgan fingerprint density at radius 1 is 1.00 bits per heavy atom. The highest BCUT2D eigenvalue weighted by molar-refractivity contribution is 6.84. The highest BCUT2D eigenvalue weighted by Gasteiger charge is 2.30. The minimum atomic E-state index is -1.67. The van der Waals surface area contributed by atoms with E-state index in [4.69, 9.17) is 14.2 Å². The third-order valence-corrected chi connectivity index (χ3v) is 5.19. The first-order chi connectivity index (χ1) is 5.74. The van der Waals surface area contributed by atoms with E-state index in [0.29, 0.717) is 18.7 Å². The van der Waals surface area contributed by atoms with Crippen LogP contribution in [0, 0.1) is 0 Å². The van der Waals surface area contributed by atoms with E-state index in [1.807, 2.05) is 5.70 Å². The minimum absolute atomic E-state index is 0.707. The summed E-state index contributed by atoms with van der Waals surface area (Å²) in [4.78, 5) is 0. The maximum atomic E-state index is 5.13. The molecule has 0 bridgehead atoms. The third-order valence-electron chi connectivity index (χ3n) is 1.73. The summed E-state index contributed by atoms with van der Waals surface area (Å²) in [6.07, 6.45) is 2.12. The molecule has 4 heteroatoms. The van der Waals surface area contributed by atoms with Gasteiger partial charge in [-0.05, 0) is 0 Å². The lowest BCUT2D eigenvalue weighted by atomic mass is 11.3. The van der Waals surface area contributed by atoms with Gasteiger partial charge in [0.1, 0.15) is 0 Å². The van der Waals surface area contributed by atoms with Gasteiger partial charge < -0.3 is 14.2 Å². The largest absolute Gasteiger partial charge is 0.387 e. The first-order valence-electron chi connectivity index (χ1n) is 3.85. The number of ether oxygens (including phenoxy) is 3. The topological polar surface area (TPSA) is 27.7 Å². The predicted octanol–water partition coefficient (Wildman–Crippen LogP) is 0.717. The zero-order valence-corrected chi connectivity index (χ0v) is 9.13. The lowest BCUT2D eigenvalue weighted by molar-refractivity contribution is 0.192. The van der Waals surface area contributed by atoms with E-state index in [1.165, 1.54) is 0 Å². The normalized spacial score (nSPS) is 11.6. The molecule has 0 saturated heterocycles. The van der Waals surface area contributed by atoms with Crippen LogP contribution in [0.4, 0.5) is 0 Å². The average molecular weight is 190 g/mol. The molecule has 0 aliphatic rings. The summed E-state index contributed by atoms with van der Waals surface area (Å²) in [6, 6.07) is 0. The molecule has 0 aliphatic carbocycles. The Hall–Kier alpha value is -0.163. The Bertz CT molecular complexity index is 110. The van der Waals surface area contributed by atoms with E-state index in [9.17, 15) is 0 Å². The van der Waals surface area contributed by atoms with Gasteiger partial charge in [-0.2, -0.15) is 0 Å². The maximum absolute atomic E-state index is 5.13. The Morgan fingerprint density at radius 3 is 1.50 bits per heavy atom. The molecule has 0 atom stereocenters. The summed E-state index contributed by atoms with van der Waals surface area (Å²) >= 11 is 0. The summed E-state index contributed by atoms with van der Waals surface area (Å²) in [7, 11) is 3.40. The number of hydrogen-bond acceptors (Lipinski definition) is 3. The van der Waals surface area contributed by atoms with Crippen LogP contribution in [0.25, 0.3) is 0 Å². The van der Waals surface area contributed by atoms with Crippen molar-refractivity contribution >= 4 is 8.07 Å². The van der Waals surface area contributed by atoms with Crippen LogP contribution in [0.5, 0.6) is 0 Å². The van der Waals surface area contributed by atoms with Crippen molar-refractivity contribution in [2.75, 3.05) is 40.0 Å². The smallest absolute Gasteiger partial charge is 0.161 e. The molecule has 0 aromatic carbocycles. The van der Waals surface area contributed by atoms with E-state index < -0.39 is 8.07 Å². The van der Waals surface area contributed by atoms with Gasteiger partial charge in [0.05, 0.1) is 0 Å². The molecule has 0 heterocycles. The van der Waals surface area contributed by atoms with Gasteiger partial charge in [-0.1, -0.05) is 5.70 Å². The van der Waals surface area contributed by atoms with E-state index in [1.54, 1.807) is 21.3 Å². The summed E-state index contributed by atoms with van der Waals surface area (Å²) in [5.74, 6) is 0. The Balaban J connectivity index is 4.16. The molecule has 3 nitrogen and oxygen atoms in total. The minimum Gasteiger partial charge on any atom is -0.387 e. The fourth-order valence-electron chi connectivity index (χ4n) is 1.16. The lowest BCUT2D eigenvalue weighted by Crippen LogP contribution is -2.48. The van der Waals surface area contributed by atoms with Gasteiger partial charge in [-0.25, -0.2) is 0 Å². The van der Waals surface area contributed by atoms with Crippen LogP contribution in [-0.2, 0) is 14.2 Å². The van der Waals surface area contributed by atoms with Gasteiger partial charge in [-0.15, -0.1) is 6.58 Å². The van der Waals surface area contributed by atoms with Crippen molar-refractivity contribution in [3.63, 3.8) is 0 Å². The van der Waals surface area contributed by atoms with E-state index in [0.717, 1.165) is 0 Å². The maximum Gasteiger partial charge on any atom is 0.161 e. The van der Waals surface area contributed by atoms with Crippen LogP contribution in [0.3, 0.4) is 0 Å². The molecule has 0 aromatic rings. The Kier molecular flexibility index (Phi) is 6.28. The lowest BCUT2D eigenvalue weighted by Gasteiger charge is -2.25. The van der Waals surface area contributed by atoms with Crippen molar-refractivity contribution in [1.82, 2.24) is 0 Å². The fourth-order valence-corrected chi connectivity index (χ4v) is 3.49. The molecule has 0 aliphatic heterocycles. The van der Waals surface area contributed by atoms with Crippen LogP contribution < -0.4 is 0 Å². The van der Waals surface area contributed by atoms with Crippen molar-refractivity contribution in [2.24, 2.45) is 0 Å². The highest BCUT2D eigenvalue weighted by Crippen LogP contribution is 2.05. The molecule has 72 valence electrons. The van der Waals surface area contributed by atoms with Crippen molar-refractivity contribution < 1.29 is 14.2 Å². The second-order valence-corrected chi connectivity index (χ2v) is 6.86. The van der Waals surface area contributed by atoms with Crippen LogP contribution >= 0.6 is 0 Å². The van der Waals surface area contributed by atoms with E-state index >= 15 is 0 Å². The van der Waals surface area contributed by atoms with Crippen LogP contribution in [0.15, 0.2) is 12.3 Å². The highest BCUT2D eigenvalue weighted by atomic mass is 28.3. The number of hydrogen-bond donors (Lipinski definition) is 0. The molecule has 0 N–H and O–H groups in total. The van der Waals surface area contributed by atoms with Gasteiger partial charge in [0.2, 0.25) is 0 Å². The van der Waals surface area contributed by atoms with Crippen LogP contribution in [-0.4, -0.2) is 48.1 Å². The molecule has 0 amide bonds. The van der Waals surface area contributed by atoms with E-state index in [2.05, 4.69) is 6.58 Å². The molecule has 0 fully saturated rings. The Labute approximate surface area is 75.3 Å². The zero-order valence-electron chi connectivity index (χ0n) is 8.13. The summed E-state index contributed by atoms with van der Waals surface area (Å²) in [6.45, 7) is 3.81. The second kappa shape index (κ2) is 6.36. The molecule has 0 unspecified atom stereocenters. The van der Waals surface area contributed by atoms with Crippen LogP contribution in [0.1, 0.15) is 0 Å². The fraction of sp³-hybridized carbons (Fsp3) is 0.750. The Morgan fingerprint density at radius 2 is 1.33 bits per heavy atom. The summed E-state index contributed by atoms with van der Waals surface area (Å²) in [5.41, 5.74) is 1.96. The van der Waals surface area contributed by atoms with Crippen molar-refractivity contribution in [1.29, 1.82) is 0 Å². The van der Waals surface area contributed by atoms with Gasteiger partial charge in [0.25, 0.3) is 0 Å². The predicted molar refractivity (Wildman–Crippen MR) is 51.6 cm³/mol. The molecular weight excluding hydrogens is 172 g/mol. The number of rotatable bonds is 7. The molecule has 0 aromatic heterocycles. The SMILES string of the molecule is C=C[Si](COC)(COC)COC. The van der Waals surface area contributed by atoms with Gasteiger partial charge in [-0.3, -0.25) is 0 Å².